The number of rotatable bonds is 8. The molecule has 0 radical (unpaired) electrons. The normalized spacial score (nSPS) is 10.1. The van der Waals surface area contributed by atoms with Crippen LogP contribution in [0.25, 0.3) is 0 Å². The molecule has 38 heavy (non-hydrogen) atoms. The van der Waals surface area contributed by atoms with E-state index in [0.29, 0.717) is 23.0 Å². The zero-order chi connectivity index (χ0) is 26.2. The lowest BCUT2D eigenvalue weighted by Gasteiger charge is -2.22. The third kappa shape index (κ3) is 5.26. The highest BCUT2D eigenvalue weighted by Gasteiger charge is 2.31. The summed E-state index contributed by atoms with van der Waals surface area (Å²) in [7, 11) is 0. The Hall–Kier alpha value is -5.72. The second kappa shape index (κ2) is 11.3. The van der Waals surface area contributed by atoms with Crippen LogP contribution in [0.5, 0.6) is 46.0 Å². The highest BCUT2D eigenvalue weighted by molar-refractivity contribution is 5.75. The summed E-state index contributed by atoms with van der Waals surface area (Å²) in [6.45, 7) is 0. The van der Waals surface area contributed by atoms with Crippen molar-refractivity contribution < 1.29 is 18.9 Å². The fourth-order valence-electron chi connectivity index (χ4n) is 3.68. The quantitative estimate of drug-likeness (QED) is 0.214. The number of nitriles is 2. The second-order valence-electron chi connectivity index (χ2n) is 7.95. The molecule has 0 N–H and O–H groups in total. The van der Waals surface area contributed by atoms with Crippen LogP contribution >= 0.6 is 0 Å². The summed E-state index contributed by atoms with van der Waals surface area (Å²) in [6.07, 6.45) is 0. The first kappa shape index (κ1) is 24.0. The van der Waals surface area contributed by atoms with Crippen molar-refractivity contribution in [2.75, 3.05) is 0 Å². The highest BCUT2D eigenvalue weighted by Crippen LogP contribution is 2.54. The molecule has 0 amide bonds. The van der Waals surface area contributed by atoms with Gasteiger partial charge in [-0.05, 0) is 48.5 Å². The summed E-state index contributed by atoms with van der Waals surface area (Å²) in [5.41, 5.74) is -0.0951. The molecule has 0 atom stereocenters. The van der Waals surface area contributed by atoms with Gasteiger partial charge in [0.2, 0.25) is 11.5 Å². The molecule has 0 aliphatic rings. The Kier molecular flexibility index (Phi) is 7.16. The predicted molar refractivity (Wildman–Crippen MR) is 142 cm³/mol. The van der Waals surface area contributed by atoms with Gasteiger partial charge < -0.3 is 18.9 Å². The van der Waals surface area contributed by atoms with Crippen LogP contribution in [0.1, 0.15) is 11.1 Å². The predicted octanol–water partition coefficient (Wildman–Crippen LogP) is 8.60. The molecular weight excluding hydrogens is 476 g/mol. The maximum absolute atomic E-state index is 10.2. The molecule has 0 fully saturated rings. The lowest BCUT2D eigenvalue weighted by atomic mass is 10.0. The van der Waals surface area contributed by atoms with Crippen LogP contribution in [-0.4, -0.2) is 0 Å². The first-order valence-corrected chi connectivity index (χ1v) is 11.7. The lowest BCUT2D eigenvalue weighted by Crippen LogP contribution is -2.03. The van der Waals surface area contributed by atoms with Gasteiger partial charge in [0.25, 0.3) is 0 Å². The molecule has 0 bridgehead atoms. The van der Waals surface area contributed by atoms with Crippen molar-refractivity contribution in [3.05, 3.63) is 132 Å². The summed E-state index contributed by atoms with van der Waals surface area (Å²) in [4.78, 5) is 0. The van der Waals surface area contributed by atoms with Crippen molar-refractivity contribution in [2.45, 2.75) is 0 Å². The van der Waals surface area contributed by atoms with Gasteiger partial charge in [0.15, 0.2) is 11.5 Å². The van der Waals surface area contributed by atoms with Crippen molar-refractivity contribution in [1.29, 1.82) is 10.5 Å². The van der Waals surface area contributed by atoms with Gasteiger partial charge in [-0.15, -0.1) is 0 Å². The molecule has 0 saturated heterocycles. The van der Waals surface area contributed by atoms with Crippen LogP contribution < -0.4 is 18.9 Å². The Morgan fingerprint density at radius 3 is 0.816 bits per heavy atom. The molecule has 0 saturated carbocycles. The molecule has 5 aromatic carbocycles. The van der Waals surface area contributed by atoms with E-state index in [0.717, 1.165) is 0 Å². The second-order valence-corrected chi connectivity index (χ2v) is 7.95. The Morgan fingerprint density at radius 2 is 0.579 bits per heavy atom. The van der Waals surface area contributed by atoms with E-state index in [2.05, 4.69) is 12.1 Å². The minimum Gasteiger partial charge on any atom is -0.452 e. The van der Waals surface area contributed by atoms with E-state index in [-0.39, 0.29) is 34.1 Å². The third-order valence-corrected chi connectivity index (χ3v) is 5.40. The molecule has 0 unspecified atom stereocenters. The van der Waals surface area contributed by atoms with Gasteiger partial charge >= 0.3 is 0 Å². The van der Waals surface area contributed by atoms with Crippen LogP contribution in [-0.2, 0) is 0 Å². The Bertz CT molecular complexity index is 1490. The average Bonchev–Trinajstić information content (AvgIpc) is 2.98. The van der Waals surface area contributed by atoms with Gasteiger partial charge in [0, 0.05) is 0 Å². The number of para-hydroxylation sites is 4. The fraction of sp³-hybridized carbons (Fsp3) is 0. The van der Waals surface area contributed by atoms with Crippen molar-refractivity contribution in [2.24, 2.45) is 0 Å². The maximum Gasteiger partial charge on any atom is 0.217 e. The first-order chi connectivity index (χ1) is 18.8. The van der Waals surface area contributed by atoms with E-state index in [4.69, 9.17) is 18.9 Å². The van der Waals surface area contributed by atoms with Crippen LogP contribution in [0.4, 0.5) is 0 Å². The molecule has 0 spiro atoms. The van der Waals surface area contributed by atoms with Crippen LogP contribution in [0.3, 0.4) is 0 Å². The lowest BCUT2D eigenvalue weighted by molar-refractivity contribution is 0.365. The molecular formula is C32H20N2O4. The zero-order valence-electron chi connectivity index (χ0n) is 20.1. The van der Waals surface area contributed by atoms with E-state index < -0.39 is 0 Å². The minimum atomic E-state index is -0.0476. The van der Waals surface area contributed by atoms with E-state index in [9.17, 15) is 10.5 Å². The standard InChI is InChI=1S/C32H20N2O4/c33-21-27-28(22-34)30(36-24-15-7-2-8-16-24)32(38-26-19-11-4-12-20-26)31(37-25-17-9-3-10-18-25)29(27)35-23-13-5-1-6-14-23/h1-20H. The van der Waals surface area contributed by atoms with Crippen molar-refractivity contribution in [1.82, 2.24) is 0 Å². The van der Waals surface area contributed by atoms with Gasteiger partial charge in [-0.3, -0.25) is 0 Å². The largest absolute Gasteiger partial charge is 0.452 e. The van der Waals surface area contributed by atoms with Gasteiger partial charge in [-0.2, -0.15) is 10.5 Å². The number of ether oxygens (including phenoxy) is 4. The summed E-state index contributed by atoms with van der Waals surface area (Å²) >= 11 is 0. The van der Waals surface area contributed by atoms with E-state index in [1.54, 1.807) is 72.8 Å². The van der Waals surface area contributed by atoms with Crippen molar-refractivity contribution >= 4 is 0 Å². The van der Waals surface area contributed by atoms with Crippen LogP contribution in [0.15, 0.2) is 121 Å². The maximum atomic E-state index is 10.2. The monoisotopic (exact) mass is 496 g/mol. The van der Waals surface area contributed by atoms with Crippen LogP contribution in [0, 0.1) is 22.7 Å². The average molecular weight is 497 g/mol. The molecule has 182 valence electrons. The Morgan fingerprint density at radius 1 is 0.342 bits per heavy atom. The molecule has 0 heterocycles. The number of benzene rings is 5. The molecule has 0 aromatic heterocycles. The summed E-state index contributed by atoms with van der Waals surface area (Å²) in [6, 6.07) is 40.2. The molecule has 5 aromatic rings. The van der Waals surface area contributed by atoms with Gasteiger partial charge in [0.1, 0.15) is 46.3 Å². The molecule has 6 heteroatoms. The van der Waals surface area contributed by atoms with Crippen LogP contribution in [0.2, 0.25) is 0 Å². The van der Waals surface area contributed by atoms with Crippen molar-refractivity contribution in [3.8, 4) is 58.1 Å². The Labute approximate surface area is 220 Å². The highest BCUT2D eigenvalue weighted by atomic mass is 16.6. The first-order valence-electron chi connectivity index (χ1n) is 11.7. The number of hydrogen-bond acceptors (Lipinski definition) is 6. The molecule has 6 nitrogen and oxygen atoms in total. The molecule has 0 aliphatic carbocycles. The zero-order valence-corrected chi connectivity index (χ0v) is 20.1. The topological polar surface area (TPSA) is 84.5 Å². The summed E-state index contributed by atoms with van der Waals surface area (Å²) in [5.74, 6) is 2.10. The van der Waals surface area contributed by atoms with E-state index in [1.165, 1.54) is 0 Å². The number of nitrogens with zero attached hydrogens (tertiary/aromatic N) is 2. The minimum absolute atomic E-state index is 0.0328. The van der Waals surface area contributed by atoms with Gasteiger partial charge in [0.05, 0.1) is 0 Å². The van der Waals surface area contributed by atoms with Crippen molar-refractivity contribution in [3.63, 3.8) is 0 Å². The van der Waals surface area contributed by atoms with E-state index in [1.807, 2.05) is 48.5 Å². The molecule has 5 rings (SSSR count). The summed E-state index contributed by atoms with van der Waals surface area (Å²) in [5, 5.41) is 20.5. The van der Waals surface area contributed by atoms with Gasteiger partial charge in [-0.25, -0.2) is 0 Å². The summed E-state index contributed by atoms with van der Waals surface area (Å²) < 4.78 is 25.0. The smallest absolute Gasteiger partial charge is 0.217 e. The van der Waals surface area contributed by atoms with E-state index >= 15 is 0 Å². The third-order valence-electron chi connectivity index (χ3n) is 5.40. The fourth-order valence-corrected chi connectivity index (χ4v) is 3.68. The van der Waals surface area contributed by atoms with Gasteiger partial charge in [-0.1, -0.05) is 72.8 Å². The SMILES string of the molecule is N#Cc1c(C#N)c(Oc2ccccc2)c(Oc2ccccc2)c(Oc2ccccc2)c1Oc1ccccc1. The Balaban J connectivity index is 1.80. The molecule has 0 aliphatic heterocycles. The number of hydrogen-bond donors (Lipinski definition) is 0.